The lowest BCUT2D eigenvalue weighted by Crippen LogP contribution is -2.10. The van der Waals surface area contributed by atoms with E-state index in [1.807, 2.05) is 25.1 Å². The Morgan fingerprint density at radius 1 is 1.35 bits per heavy atom. The Kier molecular flexibility index (Phi) is 5.12. The van der Waals surface area contributed by atoms with Crippen LogP contribution in [0.3, 0.4) is 0 Å². The molecule has 7 nitrogen and oxygen atoms in total. The zero-order valence-corrected chi connectivity index (χ0v) is 13.1. The van der Waals surface area contributed by atoms with Crippen molar-refractivity contribution in [2.45, 2.75) is 0 Å². The van der Waals surface area contributed by atoms with Gasteiger partial charge in [0.05, 0.1) is 17.8 Å². The Morgan fingerprint density at radius 3 is 2.78 bits per heavy atom. The van der Waals surface area contributed by atoms with Crippen molar-refractivity contribution in [1.82, 2.24) is 14.9 Å². The molecule has 7 heteroatoms. The van der Waals surface area contributed by atoms with Crippen LogP contribution in [0.4, 0.5) is 23.1 Å². The Labute approximate surface area is 135 Å². The SMILES string of the molecule is CN(C)CC#Cc1cc(Nc2ccnc(N)n2)cc(C=N)c1N. The zero-order valence-electron chi connectivity index (χ0n) is 13.1. The van der Waals surface area contributed by atoms with Crippen molar-refractivity contribution in [2.24, 2.45) is 0 Å². The minimum absolute atomic E-state index is 0.184. The number of nitrogens with two attached hydrogens (primary N) is 2. The first-order chi connectivity index (χ1) is 11.0. The smallest absolute Gasteiger partial charge is 0.221 e. The van der Waals surface area contributed by atoms with Gasteiger partial charge in [0.2, 0.25) is 5.95 Å². The molecule has 0 aliphatic heterocycles. The van der Waals surface area contributed by atoms with Crippen LogP contribution in [-0.4, -0.2) is 41.7 Å². The molecular formula is C16H19N7. The van der Waals surface area contributed by atoms with Crippen molar-refractivity contribution < 1.29 is 0 Å². The number of hydrogen-bond donors (Lipinski definition) is 4. The Balaban J connectivity index is 2.36. The predicted octanol–water partition coefficient (Wildman–Crippen LogP) is 1.30. The van der Waals surface area contributed by atoms with Gasteiger partial charge in [0.25, 0.3) is 0 Å². The Bertz CT molecular complexity index is 772. The van der Waals surface area contributed by atoms with Gasteiger partial charge >= 0.3 is 0 Å². The number of nitrogens with one attached hydrogen (secondary N) is 2. The molecule has 118 valence electrons. The summed E-state index contributed by atoms with van der Waals surface area (Å²) in [4.78, 5) is 9.90. The summed E-state index contributed by atoms with van der Waals surface area (Å²) in [6, 6.07) is 5.29. The van der Waals surface area contributed by atoms with Gasteiger partial charge in [-0.15, -0.1) is 0 Å². The molecule has 0 unspecified atom stereocenters. The molecule has 0 amide bonds. The van der Waals surface area contributed by atoms with E-state index in [1.165, 1.54) is 6.21 Å². The standard InChI is InChI=1S/C16H19N7/c1-23(2)7-3-4-11-8-13(9-12(10-17)15(11)18)21-14-5-6-20-16(19)22-14/h5-6,8-10,17H,7,18H2,1-2H3,(H3,19,20,21,22). The number of rotatable bonds is 4. The van der Waals surface area contributed by atoms with Crippen molar-refractivity contribution in [3.05, 3.63) is 35.5 Å². The molecule has 0 radical (unpaired) electrons. The molecule has 1 aromatic heterocycles. The molecule has 0 aliphatic rings. The minimum atomic E-state index is 0.184. The van der Waals surface area contributed by atoms with Crippen molar-refractivity contribution in [3.8, 4) is 11.8 Å². The number of anilines is 4. The van der Waals surface area contributed by atoms with Crippen LogP contribution in [-0.2, 0) is 0 Å². The van der Waals surface area contributed by atoms with E-state index in [4.69, 9.17) is 16.9 Å². The summed E-state index contributed by atoms with van der Waals surface area (Å²) in [5.74, 6) is 6.82. The molecule has 0 atom stereocenters. The van der Waals surface area contributed by atoms with Gasteiger partial charge < -0.3 is 22.2 Å². The van der Waals surface area contributed by atoms with E-state index < -0.39 is 0 Å². The molecule has 0 bridgehead atoms. The van der Waals surface area contributed by atoms with Gasteiger partial charge in [-0.1, -0.05) is 11.8 Å². The van der Waals surface area contributed by atoms with E-state index in [1.54, 1.807) is 18.3 Å². The minimum Gasteiger partial charge on any atom is -0.397 e. The third-order valence-corrected chi connectivity index (χ3v) is 2.93. The van der Waals surface area contributed by atoms with Gasteiger partial charge in [-0.3, -0.25) is 4.90 Å². The summed E-state index contributed by atoms with van der Waals surface area (Å²) >= 11 is 0. The molecule has 0 fully saturated rings. The quantitative estimate of drug-likeness (QED) is 0.384. The van der Waals surface area contributed by atoms with Crippen molar-refractivity contribution >= 4 is 29.4 Å². The Morgan fingerprint density at radius 2 is 2.13 bits per heavy atom. The third kappa shape index (κ3) is 4.43. The lowest BCUT2D eigenvalue weighted by Gasteiger charge is -2.10. The van der Waals surface area contributed by atoms with E-state index in [2.05, 4.69) is 27.1 Å². The molecule has 1 heterocycles. The second-order valence-electron chi connectivity index (χ2n) is 5.14. The van der Waals surface area contributed by atoms with Gasteiger partial charge in [0, 0.05) is 23.7 Å². The number of nitrogens with zero attached hydrogens (tertiary/aromatic N) is 3. The van der Waals surface area contributed by atoms with Crippen molar-refractivity contribution in [2.75, 3.05) is 37.4 Å². The normalized spacial score (nSPS) is 10.0. The van der Waals surface area contributed by atoms with Crippen LogP contribution < -0.4 is 16.8 Å². The van der Waals surface area contributed by atoms with Crippen LogP contribution in [0.1, 0.15) is 11.1 Å². The fraction of sp³-hybridized carbons (Fsp3) is 0.188. The molecular weight excluding hydrogens is 290 g/mol. The van der Waals surface area contributed by atoms with E-state index in [0.717, 1.165) is 5.69 Å². The van der Waals surface area contributed by atoms with E-state index in [0.29, 0.717) is 29.2 Å². The summed E-state index contributed by atoms with van der Waals surface area (Å²) < 4.78 is 0. The molecule has 0 aliphatic carbocycles. The summed E-state index contributed by atoms with van der Waals surface area (Å²) in [6.45, 7) is 0.624. The number of nitrogen functional groups attached to an aromatic ring is 2. The highest BCUT2D eigenvalue weighted by Crippen LogP contribution is 2.24. The highest BCUT2D eigenvalue weighted by molar-refractivity contribution is 5.89. The number of aromatic nitrogens is 2. The largest absolute Gasteiger partial charge is 0.397 e. The summed E-state index contributed by atoms with van der Waals surface area (Å²) in [5, 5.41) is 10.6. The zero-order chi connectivity index (χ0) is 16.8. The lowest BCUT2D eigenvalue weighted by atomic mass is 10.1. The highest BCUT2D eigenvalue weighted by Gasteiger charge is 2.06. The molecule has 6 N–H and O–H groups in total. The van der Waals surface area contributed by atoms with Gasteiger partial charge in [0.1, 0.15) is 5.82 Å². The van der Waals surface area contributed by atoms with Gasteiger partial charge in [-0.05, 0) is 32.3 Å². The topological polar surface area (TPSA) is 117 Å². The van der Waals surface area contributed by atoms with Gasteiger partial charge in [0.15, 0.2) is 0 Å². The van der Waals surface area contributed by atoms with Crippen LogP contribution in [0.25, 0.3) is 0 Å². The monoisotopic (exact) mass is 309 g/mol. The second-order valence-corrected chi connectivity index (χ2v) is 5.14. The summed E-state index contributed by atoms with van der Waals surface area (Å²) in [7, 11) is 3.89. The van der Waals surface area contributed by atoms with Crippen LogP contribution in [0, 0.1) is 17.3 Å². The van der Waals surface area contributed by atoms with Gasteiger partial charge in [-0.2, -0.15) is 4.98 Å². The second kappa shape index (κ2) is 7.24. The maximum Gasteiger partial charge on any atom is 0.221 e. The highest BCUT2D eigenvalue weighted by atomic mass is 15.1. The number of hydrogen-bond acceptors (Lipinski definition) is 7. The molecule has 0 spiro atoms. The molecule has 1 aromatic carbocycles. The van der Waals surface area contributed by atoms with Crippen LogP contribution in [0.5, 0.6) is 0 Å². The fourth-order valence-corrected chi connectivity index (χ4v) is 1.85. The van der Waals surface area contributed by atoms with E-state index >= 15 is 0 Å². The van der Waals surface area contributed by atoms with Crippen LogP contribution in [0.2, 0.25) is 0 Å². The maximum absolute atomic E-state index is 7.50. The van der Waals surface area contributed by atoms with Crippen molar-refractivity contribution in [3.63, 3.8) is 0 Å². The molecule has 23 heavy (non-hydrogen) atoms. The average Bonchev–Trinajstić information content (AvgIpc) is 2.49. The first kappa shape index (κ1) is 16.3. The van der Waals surface area contributed by atoms with Crippen molar-refractivity contribution in [1.29, 1.82) is 5.41 Å². The average molecular weight is 309 g/mol. The lowest BCUT2D eigenvalue weighted by molar-refractivity contribution is 0.464. The van der Waals surface area contributed by atoms with Crippen LogP contribution in [0.15, 0.2) is 24.4 Å². The predicted molar refractivity (Wildman–Crippen MR) is 93.9 cm³/mol. The molecule has 0 saturated heterocycles. The van der Waals surface area contributed by atoms with Gasteiger partial charge in [-0.25, -0.2) is 4.98 Å². The van der Waals surface area contributed by atoms with E-state index in [-0.39, 0.29) is 5.95 Å². The number of benzene rings is 1. The molecule has 2 aromatic rings. The first-order valence-corrected chi connectivity index (χ1v) is 6.92. The first-order valence-electron chi connectivity index (χ1n) is 6.92. The van der Waals surface area contributed by atoms with Crippen LogP contribution >= 0.6 is 0 Å². The fourth-order valence-electron chi connectivity index (χ4n) is 1.85. The van der Waals surface area contributed by atoms with E-state index in [9.17, 15) is 0 Å². The maximum atomic E-state index is 7.50. The summed E-state index contributed by atoms with van der Waals surface area (Å²) in [5.41, 5.74) is 14.1. The molecule has 2 rings (SSSR count). The molecule has 0 saturated carbocycles. The summed E-state index contributed by atoms with van der Waals surface area (Å²) in [6.07, 6.45) is 2.77. The Hall–Kier alpha value is -3.11. The third-order valence-electron chi connectivity index (χ3n) is 2.93.